The number of rotatable bonds is 5. The Labute approximate surface area is 240 Å². The van der Waals surface area contributed by atoms with Crippen LogP contribution in [0.1, 0.15) is 104 Å². The molecular weight excluding hydrogens is 511 g/mol. The highest BCUT2D eigenvalue weighted by Crippen LogP contribution is 2.28. The molecule has 1 N–H and O–H groups in total. The fraction of sp³-hybridized carbons (Fsp3) is 0.485. The number of benzene rings is 1. The topological polar surface area (TPSA) is 54.4 Å². The number of aliphatic imine (C=N–C) groups is 1. The summed E-state index contributed by atoms with van der Waals surface area (Å²) in [7, 11) is 0. The van der Waals surface area contributed by atoms with Crippen molar-refractivity contribution in [3.63, 3.8) is 0 Å². The Balaban J connectivity index is 0. The van der Waals surface area contributed by atoms with E-state index in [4.69, 9.17) is 0 Å². The monoisotopic (exact) mass is 561 g/mol. The van der Waals surface area contributed by atoms with Crippen LogP contribution < -0.4 is 15.8 Å². The van der Waals surface area contributed by atoms with Crippen molar-refractivity contribution in [1.82, 2.24) is 10.3 Å². The number of alkyl halides is 3. The Morgan fingerprint density at radius 2 is 1.55 bits per heavy atom. The van der Waals surface area contributed by atoms with Gasteiger partial charge in [0.2, 0.25) is 0 Å². The number of carbonyl (C=O) groups excluding carboxylic acids is 1. The lowest BCUT2D eigenvalue weighted by atomic mass is 10.1. The lowest BCUT2D eigenvalue weighted by Crippen LogP contribution is -2.36. The molecule has 1 aromatic heterocycles. The maximum absolute atomic E-state index is 12.4. The largest absolute Gasteiger partial charge is 0.416 e. The molecule has 1 amide bonds. The minimum Gasteiger partial charge on any atom is -0.344 e. The van der Waals surface area contributed by atoms with Gasteiger partial charge in [-0.25, -0.2) is 0 Å². The third-order valence-electron chi connectivity index (χ3n) is 4.87. The Kier molecular flexibility index (Phi) is 20.1. The first-order valence-electron chi connectivity index (χ1n) is 13.9. The molecule has 1 unspecified atom stereocenters. The Hall–Kier alpha value is -3.22. The number of amides is 1. The van der Waals surface area contributed by atoms with Gasteiger partial charge in [-0.1, -0.05) is 71.4 Å². The van der Waals surface area contributed by atoms with Crippen molar-refractivity contribution in [2.75, 3.05) is 0 Å². The quantitative estimate of drug-likeness (QED) is 0.374. The van der Waals surface area contributed by atoms with Crippen molar-refractivity contribution in [1.29, 1.82) is 0 Å². The van der Waals surface area contributed by atoms with Crippen LogP contribution >= 0.6 is 0 Å². The number of hydrogen-bond acceptors (Lipinski definition) is 3. The van der Waals surface area contributed by atoms with Gasteiger partial charge in [0.05, 0.1) is 5.56 Å². The van der Waals surface area contributed by atoms with E-state index in [1.807, 2.05) is 60.6 Å². The number of hydrogen-bond donors (Lipinski definition) is 1. The molecule has 1 aromatic carbocycles. The fourth-order valence-corrected chi connectivity index (χ4v) is 2.72. The van der Waals surface area contributed by atoms with Gasteiger partial charge in [-0.05, 0) is 88.1 Å². The summed E-state index contributed by atoms with van der Waals surface area (Å²) in [4.78, 5) is 20.9. The number of pyridine rings is 1. The van der Waals surface area contributed by atoms with Crippen molar-refractivity contribution in [2.45, 2.75) is 102 Å². The molecule has 224 valence electrons. The van der Waals surface area contributed by atoms with Gasteiger partial charge in [-0.2, -0.15) is 13.2 Å². The van der Waals surface area contributed by atoms with Crippen molar-refractivity contribution in [3.8, 4) is 0 Å². The summed E-state index contributed by atoms with van der Waals surface area (Å²) < 4.78 is 35.8. The van der Waals surface area contributed by atoms with Crippen molar-refractivity contribution < 1.29 is 18.0 Å². The second-order valence-electron chi connectivity index (χ2n) is 9.84. The van der Waals surface area contributed by atoms with Gasteiger partial charge in [-0.15, -0.1) is 0 Å². The van der Waals surface area contributed by atoms with E-state index in [9.17, 15) is 18.0 Å². The van der Waals surface area contributed by atoms with Crippen molar-refractivity contribution in [3.05, 3.63) is 75.6 Å². The van der Waals surface area contributed by atoms with Gasteiger partial charge in [0, 0.05) is 24.2 Å². The molecule has 2 rings (SSSR count). The molecule has 2 aromatic rings. The predicted molar refractivity (Wildman–Crippen MR) is 166 cm³/mol. The first-order chi connectivity index (χ1) is 18.6. The van der Waals surface area contributed by atoms with Crippen LogP contribution in [0.25, 0.3) is 12.2 Å². The number of carbonyl (C=O) groups is 1. The van der Waals surface area contributed by atoms with E-state index in [1.54, 1.807) is 19.3 Å². The van der Waals surface area contributed by atoms with Crippen LogP contribution in [0.4, 0.5) is 13.2 Å². The standard InChI is InChI=1S/C19H27N3O.C8H7F3.C4H10.C2H6/c1-7-9-17-12-21-18(10-16(17)8-2)19(23)22-15(6)14(5)11-20-13(3)4;1-6-2-4-7(5-3-6)8(9,10)11;1-4(2)3;1-2/h8-12,15H,7H2,1-6H3,(H,22,23);2-5H,1H3;4H,1-3H3;1-2H3/b14-11+,16-8-,17-9+;;;. The molecule has 7 heteroatoms. The SMILES string of the molecule is C/C=c1/cc(C(=O)NC(C)/C(C)=C/N=C(C)C)nc/c1=C\CC.CC.CC(C)C.Cc1ccc(C(F)(F)F)cc1. The normalized spacial score (nSPS) is 12.7. The molecule has 40 heavy (non-hydrogen) atoms. The Morgan fingerprint density at radius 3 is 1.98 bits per heavy atom. The molecule has 0 saturated heterocycles. The van der Waals surface area contributed by atoms with Crippen LogP contribution in [0.2, 0.25) is 0 Å². The highest BCUT2D eigenvalue weighted by molar-refractivity contribution is 5.92. The van der Waals surface area contributed by atoms with E-state index in [1.165, 1.54) is 12.1 Å². The number of halogens is 3. The molecule has 1 heterocycles. The minimum absolute atomic E-state index is 0.0941. The zero-order chi connectivity index (χ0) is 31.5. The van der Waals surface area contributed by atoms with Gasteiger partial charge in [0.25, 0.3) is 5.91 Å². The van der Waals surface area contributed by atoms with Gasteiger partial charge in [-0.3, -0.25) is 14.8 Å². The number of nitrogens with zero attached hydrogens (tertiary/aromatic N) is 2. The molecule has 0 aliphatic rings. The summed E-state index contributed by atoms with van der Waals surface area (Å²) in [6.45, 7) is 24.1. The summed E-state index contributed by atoms with van der Waals surface area (Å²) in [5.74, 6) is 0.661. The minimum atomic E-state index is -4.21. The lowest BCUT2D eigenvalue weighted by molar-refractivity contribution is -0.137. The van der Waals surface area contributed by atoms with Crippen molar-refractivity contribution >= 4 is 23.8 Å². The van der Waals surface area contributed by atoms with E-state index in [-0.39, 0.29) is 11.9 Å². The summed E-state index contributed by atoms with van der Waals surface area (Å²) in [5.41, 5.74) is 2.65. The number of nitrogens with one attached hydrogen (secondary N) is 1. The maximum atomic E-state index is 12.4. The van der Waals surface area contributed by atoms with Crippen molar-refractivity contribution in [2.24, 2.45) is 10.9 Å². The number of aromatic nitrogens is 1. The molecule has 0 radical (unpaired) electrons. The first-order valence-corrected chi connectivity index (χ1v) is 13.9. The maximum Gasteiger partial charge on any atom is 0.416 e. The van der Waals surface area contributed by atoms with E-state index in [0.717, 1.165) is 51.8 Å². The van der Waals surface area contributed by atoms with Gasteiger partial charge < -0.3 is 5.32 Å². The number of aryl methyl sites for hydroxylation is 1. The molecule has 0 saturated carbocycles. The average molecular weight is 562 g/mol. The molecule has 0 aliphatic heterocycles. The third kappa shape index (κ3) is 17.4. The molecule has 0 fully saturated rings. The van der Waals surface area contributed by atoms with E-state index in [2.05, 4.69) is 49.1 Å². The van der Waals surface area contributed by atoms with Crippen LogP contribution in [0.5, 0.6) is 0 Å². The Bertz CT molecular complexity index is 1170. The van der Waals surface area contributed by atoms with Crippen LogP contribution in [0, 0.1) is 12.8 Å². The first kappa shape index (κ1) is 38.9. The van der Waals surface area contributed by atoms with Gasteiger partial charge in [0.1, 0.15) is 5.69 Å². The molecule has 1 atom stereocenters. The second-order valence-corrected chi connectivity index (χ2v) is 9.84. The summed E-state index contributed by atoms with van der Waals surface area (Å²) in [6.07, 6.45) is 4.36. The molecular formula is C33H50F3N3O. The zero-order valence-corrected chi connectivity index (χ0v) is 26.5. The summed E-state index contributed by atoms with van der Waals surface area (Å²) in [5, 5.41) is 5.04. The Morgan fingerprint density at radius 1 is 1.02 bits per heavy atom. The molecule has 0 bridgehead atoms. The van der Waals surface area contributed by atoms with E-state index < -0.39 is 11.7 Å². The van der Waals surface area contributed by atoms with Crippen LogP contribution in [0.15, 0.2) is 53.3 Å². The second kappa shape index (κ2) is 20.7. The molecule has 0 spiro atoms. The highest BCUT2D eigenvalue weighted by atomic mass is 19.4. The average Bonchev–Trinajstić information content (AvgIpc) is 2.88. The zero-order valence-electron chi connectivity index (χ0n) is 26.5. The highest BCUT2D eigenvalue weighted by Gasteiger charge is 2.29. The summed E-state index contributed by atoms with van der Waals surface area (Å²) in [6, 6.07) is 6.79. The smallest absolute Gasteiger partial charge is 0.344 e. The van der Waals surface area contributed by atoms with Crippen LogP contribution in [-0.4, -0.2) is 22.6 Å². The van der Waals surface area contributed by atoms with E-state index >= 15 is 0 Å². The fourth-order valence-electron chi connectivity index (χ4n) is 2.72. The van der Waals surface area contributed by atoms with Gasteiger partial charge in [0.15, 0.2) is 0 Å². The lowest BCUT2D eigenvalue weighted by Gasteiger charge is -2.13. The van der Waals surface area contributed by atoms with Crippen LogP contribution in [-0.2, 0) is 6.18 Å². The molecule has 4 nitrogen and oxygen atoms in total. The molecule has 0 aliphatic carbocycles. The summed E-state index contributed by atoms with van der Waals surface area (Å²) >= 11 is 0. The predicted octanol–water partition coefficient (Wildman–Crippen LogP) is 8.28. The van der Waals surface area contributed by atoms with Gasteiger partial charge >= 0.3 is 6.18 Å². The third-order valence-corrected chi connectivity index (χ3v) is 4.87. The van der Waals surface area contributed by atoms with E-state index in [0.29, 0.717) is 5.69 Å². The van der Waals surface area contributed by atoms with Crippen LogP contribution in [0.3, 0.4) is 0 Å².